The van der Waals surface area contributed by atoms with Crippen molar-refractivity contribution in [1.82, 2.24) is 15.2 Å². The second-order valence-electron chi connectivity index (χ2n) is 4.64. The first-order valence-electron chi connectivity index (χ1n) is 6.12. The highest BCUT2D eigenvalue weighted by Crippen LogP contribution is 2.36. The number of aromatic nitrogens is 2. The summed E-state index contributed by atoms with van der Waals surface area (Å²) in [6, 6.07) is 5.42. The number of halogens is 4. The third-order valence-corrected chi connectivity index (χ3v) is 3.77. The fourth-order valence-electron chi connectivity index (χ4n) is 2.03. The first-order chi connectivity index (χ1) is 9.81. The van der Waals surface area contributed by atoms with Crippen LogP contribution in [0.3, 0.4) is 0 Å². The van der Waals surface area contributed by atoms with Crippen molar-refractivity contribution in [3.05, 3.63) is 51.8 Å². The number of aryl methyl sites for hydroxylation is 1. The number of nitrogens with zero attached hydrogens (tertiary/aromatic N) is 2. The first-order valence-corrected chi connectivity index (χ1v) is 6.92. The Kier molecular flexibility index (Phi) is 4.70. The molecule has 1 atom stereocenters. The smallest absolute Gasteiger partial charge is 0.276 e. The predicted octanol–water partition coefficient (Wildman–Crippen LogP) is 2.95. The van der Waals surface area contributed by atoms with E-state index >= 15 is 0 Å². The largest absolute Gasteiger partial charge is 0.417 e. The molecule has 0 spiro atoms. The summed E-state index contributed by atoms with van der Waals surface area (Å²) in [7, 11) is 1.77. The van der Waals surface area contributed by atoms with Gasteiger partial charge >= 0.3 is 6.18 Å². The molecule has 0 aliphatic heterocycles. The summed E-state index contributed by atoms with van der Waals surface area (Å²) in [4.78, 5) is 0. The Morgan fingerprint density at radius 1 is 1.38 bits per heavy atom. The number of rotatable bonds is 4. The maximum Gasteiger partial charge on any atom is 0.417 e. The van der Waals surface area contributed by atoms with Crippen LogP contribution in [0.5, 0.6) is 0 Å². The van der Waals surface area contributed by atoms with E-state index in [-0.39, 0.29) is 4.47 Å². The van der Waals surface area contributed by atoms with Gasteiger partial charge in [0, 0.05) is 24.1 Å². The van der Waals surface area contributed by atoms with Crippen molar-refractivity contribution < 1.29 is 13.2 Å². The molecule has 0 saturated carbocycles. The van der Waals surface area contributed by atoms with E-state index in [4.69, 9.17) is 5.84 Å². The molecule has 114 valence electrons. The molecule has 0 fully saturated rings. The summed E-state index contributed by atoms with van der Waals surface area (Å²) in [5, 5.41) is 4.20. The van der Waals surface area contributed by atoms with Gasteiger partial charge in [-0.15, -0.1) is 0 Å². The molecule has 0 amide bonds. The van der Waals surface area contributed by atoms with E-state index in [2.05, 4.69) is 26.5 Å². The number of hydrazine groups is 1. The summed E-state index contributed by atoms with van der Waals surface area (Å²) < 4.78 is 40.4. The first kappa shape index (κ1) is 16.0. The Hall–Kier alpha value is -1.38. The molecule has 4 nitrogen and oxygen atoms in total. The molecule has 3 N–H and O–H groups in total. The molecular weight excluding hydrogens is 349 g/mol. The number of benzene rings is 1. The number of nitrogens with two attached hydrogens (primary N) is 1. The van der Waals surface area contributed by atoms with E-state index < -0.39 is 17.8 Å². The minimum absolute atomic E-state index is 0.00681. The highest BCUT2D eigenvalue weighted by molar-refractivity contribution is 9.10. The van der Waals surface area contributed by atoms with Gasteiger partial charge in [-0.2, -0.15) is 18.3 Å². The molecule has 8 heteroatoms. The van der Waals surface area contributed by atoms with E-state index in [0.717, 1.165) is 11.8 Å². The zero-order valence-corrected chi connectivity index (χ0v) is 12.7. The van der Waals surface area contributed by atoms with Gasteiger partial charge in [0.15, 0.2) is 0 Å². The van der Waals surface area contributed by atoms with Crippen LogP contribution in [0.4, 0.5) is 13.2 Å². The average molecular weight is 363 g/mol. The summed E-state index contributed by atoms with van der Waals surface area (Å²) in [6.07, 6.45) is -2.25. The Labute approximate surface area is 128 Å². The summed E-state index contributed by atoms with van der Waals surface area (Å²) in [5.41, 5.74) is 3.03. The van der Waals surface area contributed by atoms with Gasteiger partial charge in [-0.3, -0.25) is 16.0 Å². The van der Waals surface area contributed by atoms with Gasteiger partial charge in [0.2, 0.25) is 0 Å². The maximum absolute atomic E-state index is 12.9. The monoisotopic (exact) mass is 362 g/mol. The van der Waals surface area contributed by atoms with Crippen molar-refractivity contribution in [2.24, 2.45) is 12.9 Å². The molecule has 1 unspecified atom stereocenters. The third-order valence-electron chi connectivity index (χ3n) is 3.08. The number of alkyl halides is 3. The Balaban J connectivity index is 2.30. The molecule has 2 aromatic rings. The molecule has 1 heterocycles. The van der Waals surface area contributed by atoms with Gasteiger partial charge in [-0.05, 0) is 23.8 Å². The molecule has 0 aliphatic carbocycles. The van der Waals surface area contributed by atoms with Crippen LogP contribution >= 0.6 is 15.9 Å². The Morgan fingerprint density at radius 3 is 2.62 bits per heavy atom. The number of hydrogen-bond donors (Lipinski definition) is 2. The SMILES string of the molecule is Cn1ccc(CC(NN)c2ccc(Br)c(C(F)(F)F)c2)n1. The van der Waals surface area contributed by atoms with Crippen molar-refractivity contribution in [2.75, 3.05) is 0 Å². The molecule has 1 aromatic carbocycles. The standard InChI is InChI=1S/C13H14BrF3N4/c1-21-5-4-9(20-21)7-12(19-18)8-2-3-11(14)10(6-8)13(15,16)17/h2-6,12,19H,7,18H2,1H3. The zero-order chi connectivity index (χ0) is 15.6. The molecule has 0 aliphatic rings. The van der Waals surface area contributed by atoms with E-state index in [9.17, 15) is 13.2 Å². The van der Waals surface area contributed by atoms with Gasteiger partial charge in [0.05, 0.1) is 17.3 Å². The van der Waals surface area contributed by atoms with Crippen molar-refractivity contribution in [3.8, 4) is 0 Å². The molecule has 2 rings (SSSR count). The Morgan fingerprint density at radius 2 is 2.10 bits per heavy atom. The van der Waals surface area contributed by atoms with Crippen molar-refractivity contribution in [1.29, 1.82) is 0 Å². The molecule has 0 saturated heterocycles. The van der Waals surface area contributed by atoms with Gasteiger partial charge in [-0.1, -0.05) is 22.0 Å². The molecule has 21 heavy (non-hydrogen) atoms. The van der Waals surface area contributed by atoms with Crippen LogP contribution in [-0.4, -0.2) is 9.78 Å². The molecule has 0 bridgehead atoms. The normalized spacial score (nSPS) is 13.4. The van der Waals surface area contributed by atoms with Crippen molar-refractivity contribution in [3.63, 3.8) is 0 Å². The van der Waals surface area contributed by atoms with Crippen LogP contribution in [0, 0.1) is 0 Å². The van der Waals surface area contributed by atoms with Crippen LogP contribution in [0.15, 0.2) is 34.9 Å². The Bertz CT molecular complexity index is 624. The predicted molar refractivity (Wildman–Crippen MR) is 76.1 cm³/mol. The van der Waals surface area contributed by atoms with Crippen LogP contribution in [0.1, 0.15) is 22.9 Å². The van der Waals surface area contributed by atoms with E-state index in [1.54, 1.807) is 30.1 Å². The summed E-state index contributed by atoms with van der Waals surface area (Å²) in [5.74, 6) is 5.48. The second kappa shape index (κ2) is 6.17. The minimum Gasteiger partial charge on any atom is -0.276 e. The maximum atomic E-state index is 12.9. The lowest BCUT2D eigenvalue weighted by Gasteiger charge is -2.18. The highest BCUT2D eigenvalue weighted by Gasteiger charge is 2.33. The van der Waals surface area contributed by atoms with E-state index in [0.29, 0.717) is 12.0 Å². The molecule has 1 aromatic heterocycles. The lowest BCUT2D eigenvalue weighted by molar-refractivity contribution is -0.138. The fraction of sp³-hybridized carbons (Fsp3) is 0.308. The van der Waals surface area contributed by atoms with E-state index in [1.165, 1.54) is 6.07 Å². The second-order valence-corrected chi connectivity index (χ2v) is 5.50. The summed E-state index contributed by atoms with van der Waals surface area (Å²) >= 11 is 2.92. The zero-order valence-electron chi connectivity index (χ0n) is 11.2. The van der Waals surface area contributed by atoms with Crippen LogP contribution < -0.4 is 11.3 Å². The quantitative estimate of drug-likeness (QED) is 0.649. The van der Waals surface area contributed by atoms with Crippen LogP contribution in [0.25, 0.3) is 0 Å². The van der Waals surface area contributed by atoms with Gasteiger partial charge in [-0.25, -0.2) is 0 Å². The van der Waals surface area contributed by atoms with Crippen molar-refractivity contribution in [2.45, 2.75) is 18.6 Å². The van der Waals surface area contributed by atoms with Crippen LogP contribution in [-0.2, 0) is 19.6 Å². The number of nitrogens with one attached hydrogen (secondary N) is 1. The highest BCUT2D eigenvalue weighted by atomic mass is 79.9. The van der Waals surface area contributed by atoms with Crippen molar-refractivity contribution >= 4 is 15.9 Å². The number of hydrogen-bond acceptors (Lipinski definition) is 3. The van der Waals surface area contributed by atoms with Gasteiger partial charge in [0.25, 0.3) is 0 Å². The fourth-order valence-corrected chi connectivity index (χ4v) is 2.50. The third kappa shape index (κ3) is 3.84. The molecular formula is C13H14BrF3N4. The summed E-state index contributed by atoms with van der Waals surface area (Å²) in [6.45, 7) is 0. The average Bonchev–Trinajstić information content (AvgIpc) is 2.81. The van der Waals surface area contributed by atoms with Gasteiger partial charge in [0.1, 0.15) is 0 Å². The topological polar surface area (TPSA) is 55.9 Å². The minimum atomic E-state index is -4.42. The lowest BCUT2D eigenvalue weighted by Crippen LogP contribution is -2.30. The van der Waals surface area contributed by atoms with Crippen LogP contribution in [0.2, 0.25) is 0 Å². The molecule has 0 radical (unpaired) electrons. The van der Waals surface area contributed by atoms with Gasteiger partial charge < -0.3 is 0 Å². The lowest BCUT2D eigenvalue weighted by atomic mass is 10.0. The van der Waals surface area contributed by atoms with E-state index in [1.807, 2.05) is 0 Å².